The summed E-state index contributed by atoms with van der Waals surface area (Å²) in [5.41, 5.74) is 7.23. The fraction of sp³-hybridized carbons (Fsp3) is 0.0897. The highest BCUT2D eigenvalue weighted by Gasteiger charge is 2.28. The molecular formula is C78H58ClF13N6O+2. The zero-order valence-electron chi connectivity index (χ0n) is 53.7. The number of Topliss-reactive ketones (excluding diaryl/α,β-unsaturated/α-hetero) is 1. The smallest absolute Gasteiger partial charge is 0.214 e. The molecule has 0 bridgehead atoms. The van der Waals surface area contributed by atoms with Gasteiger partial charge in [0.2, 0.25) is 18.2 Å². The monoisotopic (exact) mass is 1380 g/mol. The van der Waals surface area contributed by atoms with Gasteiger partial charge in [-0.25, -0.2) is 57.1 Å². The van der Waals surface area contributed by atoms with Gasteiger partial charge in [0.1, 0.15) is 27.8 Å². The van der Waals surface area contributed by atoms with Gasteiger partial charge in [-0.1, -0.05) is 163 Å². The lowest BCUT2D eigenvalue weighted by molar-refractivity contribution is -0.744. The number of pyridine rings is 2. The molecule has 0 saturated heterocycles. The predicted molar refractivity (Wildman–Crippen MR) is 355 cm³/mol. The first-order valence-electron chi connectivity index (χ1n) is 30.1. The summed E-state index contributed by atoms with van der Waals surface area (Å²) in [6.45, 7) is 7.99. The molecule has 0 saturated carbocycles. The molecule has 13 aromatic rings. The van der Waals surface area contributed by atoms with Crippen LogP contribution in [0.3, 0.4) is 0 Å². The Hall–Kier alpha value is -11.3. The van der Waals surface area contributed by atoms with Crippen LogP contribution >= 0.6 is 11.6 Å². The Bertz CT molecular complexity index is 4820. The van der Waals surface area contributed by atoms with Crippen LogP contribution in [0.5, 0.6) is 0 Å². The van der Waals surface area contributed by atoms with E-state index in [0.29, 0.717) is 17.0 Å². The van der Waals surface area contributed by atoms with Gasteiger partial charge in [0.15, 0.2) is 83.9 Å². The van der Waals surface area contributed by atoms with Crippen LogP contribution in [0, 0.1) is 103 Å². The summed E-state index contributed by atoms with van der Waals surface area (Å²) in [5.74, 6) is -21.9. The molecule has 0 aliphatic rings. The van der Waals surface area contributed by atoms with E-state index in [9.17, 15) is 61.9 Å². The van der Waals surface area contributed by atoms with E-state index in [4.69, 9.17) is 11.6 Å². The van der Waals surface area contributed by atoms with Crippen molar-refractivity contribution in [2.45, 2.75) is 34.6 Å². The first-order valence-corrected chi connectivity index (χ1v) is 30.5. The van der Waals surface area contributed by atoms with E-state index in [-0.39, 0.29) is 33.6 Å². The zero-order valence-corrected chi connectivity index (χ0v) is 54.5. The Balaban J connectivity index is 0.000000146. The number of nitrogens with zero attached hydrogens (tertiary/aromatic N) is 6. The van der Waals surface area contributed by atoms with E-state index in [1.807, 2.05) is 124 Å². The Labute approximate surface area is 566 Å². The maximum absolute atomic E-state index is 14.2. The lowest BCUT2D eigenvalue weighted by Crippen LogP contribution is -2.37. The van der Waals surface area contributed by atoms with Crippen LogP contribution in [0.4, 0.5) is 57.1 Å². The van der Waals surface area contributed by atoms with Crippen molar-refractivity contribution in [2.24, 2.45) is 14.1 Å². The van der Waals surface area contributed by atoms with Crippen LogP contribution in [-0.2, 0) is 14.1 Å². The largest absolute Gasteiger partial charge is 0.294 e. The van der Waals surface area contributed by atoms with Gasteiger partial charge in [-0.05, 0) is 110 Å². The highest BCUT2D eigenvalue weighted by molar-refractivity contribution is 6.30. The van der Waals surface area contributed by atoms with E-state index in [1.54, 1.807) is 79.9 Å². The number of ketones is 1. The maximum atomic E-state index is 14.2. The number of carbonyl (C=O) groups excluding carboxylic acids is 1. The number of para-hydroxylation sites is 2. The Morgan fingerprint density at radius 2 is 0.778 bits per heavy atom. The number of halogens is 14. The van der Waals surface area contributed by atoms with Gasteiger partial charge >= 0.3 is 0 Å². The normalized spacial score (nSPS) is 10.7. The SMILES string of the molecule is CC(=O)c1cn(-c2ccccc2C)[n+](C)c1.Cc1c(F)c(F)c(F)c(-c2ccc(-c3ccccn3)cc2)c1F.Cc1c(F)c(F)c(F)c(F)c1-c1ccc(-c2ccccc2)nc1.Cc1ccccc1-n1cc(Cl)c[n+]1C.Fc1c(F)c(F)c(-c2cccc(-c3ccccc3)c2)c(F)c1F. The van der Waals surface area contributed by atoms with E-state index >= 15 is 0 Å². The van der Waals surface area contributed by atoms with Gasteiger partial charge in [-0.2, -0.15) is 0 Å². The fourth-order valence-corrected chi connectivity index (χ4v) is 10.6. The molecule has 0 aliphatic heterocycles. The van der Waals surface area contributed by atoms with Crippen molar-refractivity contribution in [3.63, 3.8) is 0 Å². The van der Waals surface area contributed by atoms with Gasteiger partial charge in [0, 0.05) is 40.2 Å². The van der Waals surface area contributed by atoms with Gasteiger partial charge in [0.25, 0.3) is 0 Å². The average Bonchev–Trinajstić information content (AvgIpc) is 1.71. The minimum atomic E-state index is -2.16. The first-order chi connectivity index (χ1) is 47.3. The van der Waals surface area contributed by atoms with Crippen LogP contribution in [0.1, 0.15) is 39.5 Å². The number of benzene rings is 9. The lowest BCUT2D eigenvalue weighted by Gasteiger charge is -2.11. The molecule has 9 aromatic carbocycles. The number of rotatable bonds is 9. The van der Waals surface area contributed by atoms with Crippen LogP contribution < -0.4 is 9.36 Å². The molecule has 0 N–H and O–H groups in total. The molecule has 13 rings (SSSR count). The molecule has 0 fully saturated rings. The van der Waals surface area contributed by atoms with Gasteiger partial charge < -0.3 is 0 Å². The van der Waals surface area contributed by atoms with Crippen molar-refractivity contribution >= 4 is 17.4 Å². The number of aromatic nitrogens is 6. The van der Waals surface area contributed by atoms with Crippen LogP contribution in [0.2, 0.25) is 5.02 Å². The molecule has 0 spiro atoms. The molecule has 4 aromatic heterocycles. The number of hydrogen-bond acceptors (Lipinski definition) is 3. The molecule has 0 aliphatic carbocycles. The minimum absolute atomic E-state index is 0.0841. The van der Waals surface area contributed by atoms with Crippen LogP contribution in [-0.4, -0.2) is 25.1 Å². The number of carbonyl (C=O) groups is 1. The second-order valence-corrected chi connectivity index (χ2v) is 22.8. The molecular weight excluding hydrogens is 1320 g/mol. The molecule has 7 nitrogen and oxygen atoms in total. The van der Waals surface area contributed by atoms with Crippen molar-refractivity contribution in [3.05, 3.63) is 334 Å². The average molecular weight is 1380 g/mol. The summed E-state index contributed by atoms with van der Waals surface area (Å²) in [4.78, 5) is 19.7. The number of hydrogen-bond donors (Lipinski definition) is 0. The summed E-state index contributed by atoms with van der Waals surface area (Å²) in [6, 6.07) is 55.0. The topological polar surface area (TPSA) is 60.5 Å². The Morgan fingerprint density at radius 3 is 1.28 bits per heavy atom. The van der Waals surface area contributed by atoms with E-state index in [2.05, 4.69) is 42.0 Å². The first kappa shape index (κ1) is 72.0. The molecule has 0 unspecified atom stereocenters. The molecule has 502 valence electrons. The van der Waals surface area contributed by atoms with Crippen molar-refractivity contribution in [1.82, 2.24) is 19.3 Å². The molecule has 0 radical (unpaired) electrons. The van der Waals surface area contributed by atoms with Gasteiger partial charge in [-0.3, -0.25) is 14.8 Å². The standard InChI is InChI=1S/C18H9F5.2C18H11F4N.C13H15N2O.C11H12ClN2/c19-14-13(15(20)17(22)18(23)16(14)21)12-8-4-7-11(9-12)10-5-2-1-3-6-10;1-10-15(19)14(17(21)18(22)16(10)20)12-7-5-11(6-8-12)13-4-2-3-9-23-13;1-10-14(16(20)18(22)17(21)15(10)19)12-7-8-13(23-9-12)11-5-3-2-4-6-11;1-10-6-4-5-7-13(10)15-9-12(11(2)16)8-14(15)3;1-9-5-3-4-6-11(9)14-8-10(12)7-13(14)2/h1-9H;2*2-9H,1H3;4-9H,1-3H3;3-8H,1-2H3/q;;;2*+1. The van der Waals surface area contributed by atoms with Crippen LogP contribution in [0.25, 0.3) is 78.4 Å². The van der Waals surface area contributed by atoms with Crippen molar-refractivity contribution in [3.8, 4) is 78.4 Å². The summed E-state index contributed by atoms with van der Waals surface area (Å²) in [5, 5.41) is 0.746. The third-order valence-electron chi connectivity index (χ3n) is 15.7. The van der Waals surface area contributed by atoms with Gasteiger partial charge in [-0.15, -0.1) is 18.7 Å². The third kappa shape index (κ3) is 16.1. The highest BCUT2D eigenvalue weighted by atomic mass is 35.5. The summed E-state index contributed by atoms with van der Waals surface area (Å²) < 4.78 is 185. The zero-order chi connectivity index (χ0) is 71.5. The van der Waals surface area contributed by atoms with Crippen molar-refractivity contribution in [2.75, 3.05) is 0 Å². The fourth-order valence-electron chi connectivity index (χ4n) is 10.4. The summed E-state index contributed by atoms with van der Waals surface area (Å²) in [7, 11) is 3.90. The third-order valence-corrected chi connectivity index (χ3v) is 15.9. The van der Waals surface area contributed by atoms with Crippen molar-refractivity contribution < 1.29 is 71.2 Å². The second kappa shape index (κ2) is 31.7. The minimum Gasteiger partial charge on any atom is -0.294 e. The molecule has 4 heterocycles. The Morgan fingerprint density at radius 1 is 0.364 bits per heavy atom. The van der Waals surface area contributed by atoms with E-state index in [1.165, 1.54) is 60.6 Å². The number of aryl methyl sites for hydroxylation is 4. The summed E-state index contributed by atoms with van der Waals surface area (Å²) >= 11 is 5.93. The highest BCUT2D eigenvalue weighted by Crippen LogP contribution is 2.37. The second-order valence-electron chi connectivity index (χ2n) is 22.3. The lowest BCUT2D eigenvalue weighted by atomic mass is 9.98. The molecule has 0 amide bonds. The summed E-state index contributed by atoms with van der Waals surface area (Å²) in [6.07, 6.45) is 10.4. The predicted octanol–water partition coefficient (Wildman–Crippen LogP) is 20.4. The molecule has 99 heavy (non-hydrogen) atoms. The van der Waals surface area contributed by atoms with Crippen LogP contribution in [0.15, 0.2) is 225 Å². The Kier molecular flexibility index (Phi) is 23.1. The maximum Gasteiger partial charge on any atom is 0.214 e. The van der Waals surface area contributed by atoms with Gasteiger partial charge in [0.05, 0.1) is 34.9 Å². The van der Waals surface area contributed by atoms with E-state index < -0.39 is 92.3 Å². The quantitative estimate of drug-likeness (QED) is 0.0476. The molecule has 21 heteroatoms. The van der Waals surface area contributed by atoms with Crippen molar-refractivity contribution in [1.29, 1.82) is 0 Å². The molecule has 0 atom stereocenters. The van der Waals surface area contributed by atoms with E-state index in [0.717, 1.165) is 45.6 Å².